The molecule has 0 N–H and O–H groups in total. The zero-order valence-electron chi connectivity index (χ0n) is 12.9. The molecule has 0 atom stereocenters. The van der Waals surface area contributed by atoms with Crippen molar-refractivity contribution >= 4 is 24.2 Å². The minimum atomic E-state index is 0.193. The first-order chi connectivity index (χ1) is 9.60. The van der Waals surface area contributed by atoms with Crippen molar-refractivity contribution in [2.24, 2.45) is 5.41 Å². The first-order valence-electron chi connectivity index (χ1n) is 7.63. The van der Waals surface area contributed by atoms with Crippen molar-refractivity contribution in [3.8, 4) is 5.75 Å². The molecule has 0 bridgehead atoms. The minimum absolute atomic E-state index is 0.193. The van der Waals surface area contributed by atoms with Crippen LogP contribution in [0.3, 0.4) is 0 Å². The van der Waals surface area contributed by atoms with Gasteiger partial charge in [0.2, 0.25) is 0 Å². The number of aryl methyl sites for hydroxylation is 1. The molecule has 0 aliphatic carbocycles. The van der Waals surface area contributed by atoms with E-state index in [1.807, 2.05) is 12.1 Å². The van der Waals surface area contributed by atoms with E-state index in [0.29, 0.717) is 0 Å². The monoisotopic (exact) mass is 314 g/mol. The van der Waals surface area contributed by atoms with Crippen molar-refractivity contribution in [1.82, 2.24) is 0 Å². The Hall–Kier alpha value is -0.340. The molecule has 114 valence electrons. The van der Waals surface area contributed by atoms with Crippen LogP contribution in [-0.4, -0.2) is 12.4 Å². The van der Waals surface area contributed by atoms with Gasteiger partial charge in [0.05, 0.1) is 6.61 Å². The Morgan fingerprint density at radius 1 is 1.15 bits per heavy atom. The summed E-state index contributed by atoms with van der Waals surface area (Å²) in [6, 6.07) is 5.95. The van der Waals surface area contributed by atoms with Gasteiger partial charge in [-0.1, -0.05) is 45.2 Å². The summed E-state index contributed by atoms with van der Waals surface area (Å²) in [5, 5.41) is 0.822. The molecule has 0 heterocycles. The van der Waals surface area contributed by atoms with Crippen LogP contribution in [-0.2, 0) is 6.42 Å². The zero-order valence-corrected chi connectivity index (χ0v) is 14.6. The normalized spacial score (nSPS) is 11.7. The molecule has 1 aromatic rings. The number of hydrogen-bond acceptors (Lipinski definition) is 2. The van der Waals surface area contributed by atoms with Gasteiger partial charge in [-0.25, -0.2) is 0 Å². The molecule has 0 aliphatic heterocycles. The number of rotatable bonds is 9. The molecule has 1 nitrogen and oxygen atoms in total. The molecule has 3 heteroatoms. The Balaban J connectivity index is 2.76. The predicted molar refractivity (Wildman–Crippen MR) is 92.4 cm³/mol. The number of thiol groups is 1. The largest absolute Gasteiger partial charge is 0.493 e. The van der Waals surface area contributed by atoms with E-state index in [-0.39, 0.29) is 5.41 Å². The van der Waals surface area contributed by atoms with E-state index in [1.54, 1.807) is 0 Å². The summed E-state index contributed by atoms with van der Waals surface area (Å²) in [7, 11) is 0. The van der Waals surface area contributed by atoms with Gasteiger partial charge < -0.3 is 4.74 Å². The summed E-state index contributed by atoms with van der Waals surface area (Å²) in [6.07, 6.45) is 5.60. The smallest absolute Gasteiger partial charge is 0.119 e. The summed E-state index contributed by atoms with van der Waals surface area (Å²) >= 11 is 10.7. The molecule has 0 aliphatic rings. The average Bonchev–Trinajstić information content (AvgIpc) is 2.46. The van der Waals surface area contributed by atoms with Gasteiger partial charge in [-0.2, -0.15) is 12.6 Å². The molecular weight excluding hydrogens is 288 g/mol. The number of hydrogen-bond donors (Lipinski definition) is 1. The number of ether oxygens (including phenoxy) is 1. The van der Waals surface area contributed by atoms with Crippen LogP contribution in [0.2, 0.25) is 5.02 Å². The van der Waals surface area contributed by atoms with Gasteiger partial charge in [0.25, 0.3) is 0 Å². The van der Waals surface area contributed by atoms with Gasteiger partial charge in [0, 0.05) is 10.4 Å². The Kier molecular flexibility index (Phi) is 7.83. The molecule has 0 fully saturated rings. The average molecular weight is 315 g/mol. The lowest BCUT2D eigenvalue weighted by Gasteiger charge is -2.31. The van der Waals surface area contributed by atoms with Crippen molar-refractivity contribution in [2.45, 2.75) is 52.9 Å². The van der Waals surface area contributed by atoms with Gasteiger partial charge in [-0.15, -0.1) is 0 Å². The Morgan fingerprint density at radius 2 is 1.80 bits per heavy atom. The van der Waals surface area contributed by atoms with Crippen molar-refractivity contribution in [2.75, 3.05) is 12.4 Å². The summed E-state index contributed by atoms with van der Waals surface area (Å²) in [6.45, 7) is 7.30. The SMILES string of the molecule is CCCC(CS)(CCC)COc1ccc(Cl)c(CC)c1. The van der Waals surface area contributed by atoms with E-state index in [2.05, 4.69) is 39.5 Å². The van der Waals surface area contributed by atoms with E-state index in [4.69, 9.17) is 16.3 Å². The third-order valence-electron chi connectivity index (χ3n) is 3.84. The lowest BCUT2D eigenvalue weighted by Crippen LogP contribution is -2.30. The van der Waals surface area contributed by atoms with E-state index in [0.717, 1.165) is 35.1 Å². The van der Waals surface area contributed by atoms with Crippen LogP contribution in [0, 0.1) is 5.41 Å². The van der Waals surface area contributed by atoms with Crippen LogP contribution < -0.4 is 4.74 Å². The number of halogens is 1. The van der Waals surface area contributed by atoms with E-state index in [1.165, 1.54) is 25.7 Å². The molecule has 0 spiro atoms. The van der Waals surface area contributed by atoms with Gasteiger partial charge in [-0.05, 0) is 48.8 Å². The summed E-state index contributed by atoms with van der Waals surface area (Å²) < 4.78 is 6.06. The second-order valence-electron chi connectivity index (χ2n) is 5.55. The van der Waals surface area contributed by atoms with Crippen LogP contribution >= 0.6 is 24.2 Å². The first kappa shape index (κ1) is 17.7. The Labute approximate surface area is 134 Å². The highest BCUT2D eigenvalue weighted by molar-refractivity contribution is 7.80. The maximum Gasteiger partial charge on any atom is 0.119 e. The summed E-state index contributed by atoms with van der Waals surface area (Å²) in [5.41, 5.74) is 1.34. The molecule has 20 heavy (non-hydrogen) atoms. The van der Waals surface area contributed by atoms with Gasteiger partial charge in [0.1, 0.15) is 5.75 Å². The molecule has 0 radical (unpaired) electrons. The highest BCUT2D eigenvalue weighted by Crippen LogP contribution is 2.33. The third-order valence-corrected chi connectivity index (χ3v) is 4.88. The highest BCUT2D eigenvalue weighted by atomic mass is 35.5. The van der Waals surface area contributed by atoms with Crippen LogP contribution in [0.4, 0.5) is 0 Å². The fourth-order valence-corrected chi connectivity index (χ4v) is 3.34. The lowest BCUT2D eigenvalue weighted by atomic mass is 9.82. The standard InChI is InChI=1S/C17H27ClOS/c1-4-9-17(13-20,10-5-2)12-19-15-7-8-16(18)14(6-3)11-15/h7-8,11,20H,4-6,9-10,12-13H2,1-3H3. The quantitative estimate of drug-likeness (QED) is 0.567. The Bertz CT molecular complexity index is 400. The minimum Gasteiger partial charge on any atom is -0.493 e. The van der Waals surface area contributed by atoms with Crippen LogP contribution in [0.5, 0.6) is 5.75 Å². The van der Waals surface area contributed by atoms with Crippen molar-refractivity contribution in [1.29, 1.82) is 0 Å². The van der Waals surface area contributed by atoms with E-state index < -0.39 is 0 Å². The molecule has 0 saturated heterocycles. The lowest BCUT2D eigenvalue weighted by molar-refractivity contribution is 0.143. The van der Waals surface area contributed by atoms with Crippen LogP contribution in [0.15, 0.2) is 18.2 Å². The van der Waals surface area contributed by atoms with Crippen molar-refractivity contribution in [3.63, 3.8) is 0 Å². The third kappa shape index (κ3) is 4.89. The second kappa shape index (κ2) is 8.84. The summed E-state index contributed by atoms with van der Waals surface area (Å²) in [4.78, 5) is 0. The zero-order chi connectivity index (χ0) is 15.0. The van der Waals surface area contributed by atoms with E-state index in [9.17, 15) is 0 Å². The molecule has 1 rings (SSSR count). The van der Waals surface area contributed by atoms with Crippen LogP contribution in [0.25, 0.3) is 0 Å². The maximum absolute atomic E-state index is 6.15. The molecule has 1 aromatic carbocycles. The fraction of sp³-hybridized carbons (Fsp3) is 0.647. The van der Waals surface area contributed by atoms with Gasteiger partial charge in [0.15, 0.2) is 0 Å². The van der Waals surface area contributed by atoms with Crippen molar-refractivity contribution in [3.05, 3.63) is 28.8 Å². The second-order valence-corrected chi connectivity index (χ2v) is 6.28. The fourth-order valence-electron chi connectivity index (χ4n) is 2.68. The highest BCUT2D eigenvalue weighted by Gasteiger charge is 2.27. The van der Waals surface area contributed by atoms with E-state index >= 15 is 0 Å². The number of benzene rings is 1. The molecular formula is C17H27ClOS. The topological polar surface area (TPSA) is 9.23 Å². The van der Waals surface area contributed by atoms with Gasteiger partial charge in [-0.3, -0.25) is 0 Å². The summed E-state index contributed by atoms with van der Waals surface area (Å²) in [5.74, 6) is 1.80. The Morgan fingerprint density at radius 3 is 2.30 bits per heavy atom. The van der Waals surface area contributed by atoms with Crippen LogP contribution in [0.1, 0.15) is 52.0 Å². The van der Waals surface area contributed by atoms with Gasteiger partial charge >= 0.3 is 0 Å². The predicted octanol–water partition coefficient (Wildman–Crippen LogP) is 5.80. The maximum atomic E-state index is 6.15. The molecule has 0 aromatic heterocycles. The first-order valence-corrected chi connectivity index (χ1v) is 8.64. The molecule has 0 amide bonds. The van der Waals surface area contributed by atoms with Crippen molar-refractivity contribution < 1.29 is 4.74 Å². The molecule has 0 saturated carbocycles. The molecule has 0 unspecified atom stereocenters.